The monoisotopic (exact) mass is 246 g/mol. The summed E-state index contributed by atoms with van der Waals surface area (Å²) in [6.07, 6.45) is 0.283. The third-order valence-electron chi connectivity index (χ3n) is 1.78. The Balaban J connectivity index is 2.82. The third-order valence-corrected chi connectivity index (χ3v) is 3.87. The van der Waals surface area contributed by atoms with Crippen LogP contribution in [0.3, 0.4) is 0 Å². The van der Waals surface area contributed by atoms with Gasteiger partial charge in [-0.1, -0.05) is 25.6 Å². The quantitative estimate of drug-likeness (QED) is 0.605. The van der Waals surface area contributed by atoms with Crippen molar-refractivity contribution in [2.75, 3.05) is 19.7 Å². The van der Waals surface area contributed by atoms with Gasteiger partial charge in [0.25, 0.3) is 10.1 Å². The van der Waals surface area contributed by atoms with Gasteiger partial charge in [0, 0.05) is 0 Å². The molecule has 0 saturated carbocycles. The molecule has 5 heteroatoms. The second-order valence-corrected chi connectivity index (χ2v) is 7.63. The van der Waals surface area contributed by atoms with Crippen LogP contribution < -0.4 is 0 Å². The van der Waals surface area contributed by atoms with Gasteiger partial charge < -0.3 is 0 Å². The van der Waals surface area contributed by atoms with Gasteiger partial charge in [0.1, 0.15) is 0 Å². The first-order chi connectivity index (χ1) is 6.92. The van der Waals surface area contributed by atoms with Gasteiger partial charge in [0.15, 0.2) is 0 Å². The van der Waals surface area contributed by atoms with E-state index in [-0.39, 0.29) is 19.2 Å². The molecular weight excluding hydrogens is 231 g/mol. The van der Waals surface area contributed by atoms with E-state index in [9.17, 15) is 8.42 Å². The lowest BCUT2D eigenvalue weighted by atomic mass is 10.2. The maximum atomic E-state index is 11.6. The Kier molecular flexibility index (Phi) is 4.26. The minimum atomic E-state index is -3.56. The molecule has 0 unspecified atom stereocenters. The lowest BCUT2D eigenvalue weighted by molar-refractivity contribution is 0.378. The molecule has 1 aromatic rings. The summed E-state index contributed by atoms with van der Waals surface area (Å²) in [7, 11) is -3.92. The second kappa shape index (κ2) is 5.06. The fourth-order valence-electron chi connectivity index (χ4n) is 0.948. The highest BCUT2D eigenvalue weighted by atomic mass is 32.2. The van der Waals surface area contributed by atoms with Crippen LogP contribution in [0, 0.1) is 6.92 Å². The molecule has 0 amide bonds. The summed E-state index contributed by atoms with van der Waals surface area (Å²) in [6, 6.07) is 6.66. The van der Waals surface area contributed by atoms with Crippen LogP contribution in [-0.4, -0.2) is 28.1 Å². The van der Waals surface area contributed by atoms with Crippen LogP contribution in [0.4, 0.5) is 0 Å². The Morgan fingerprint density at radius 1 is 1.20 bits per heavy atom. The first-order valence-corrected chi connectivity index (χ1v) is 8.35. The van der Waals surface area contributed by atoms with Crippen LogP contribution in [0.1, 0.15) is 5.56 Å². The number of hydrogen-bond donors (Lipinski definition) is 0. The fourth-order valence-corrected chi connectivity index (χ4v) is 2.95. The first kappa shape index (κ1) is 12.6. The predicted molar refractivity (Wildman–Crippen MR) is 63.1 cm³/mol. The molecule has 0 N–H and O–H groups in total. The zero-order valence-electron chi connectivity index (χ0n) is 9.10. The van der Waals surface area contributed by atoms with Crippen LogP contribution in [0.25, 0.3) is 0 Å². The van der Waals surface area contributed by atoms with Crippen molar-refractivity contribution in [3.63, 3.8) is 0 Å². The maximum absolute atomic E-state index is 11.6. The van der Waals surface area contributed by atoms with Crippen molar-refractivity contribution in [1.29, 1.82) is 0 Å². The number of rotatable bonds is 4. The second-order valence-electron chi connectivity index (χ2n) is 3.59. The van der Waals surface area contributed by atoms with E-state index in [2.05, 4.69) is 0 Å². The van der Waals surface area contributed by atoms with Gasteiger partial charge in [0.05, 0.1) is 11.2 Å². The molecule has 0 aliphatic heterocycles. The summed E-state index contributed by atoms with van der Waals surface area (Å²) in [5, 5.41) is 0. The molecule has 0 radical (unpaired) electrons. The smallest absolute Gasteiger partial charge is 0.262 e. The molecule has 3 nitrogen and oxygen atoms in total. The first-order valence-electron chi connectivity index (χ1n) is 4.52. The average molecular weight is 246 g/mol. The minimum absolute atomic E-state index is 0.227. The molecule has 0 aliphatic carbocycles. The number of aryl methyl sites for hydroxylation is 1. The number of hydrogen-bond acceptors (Lipinski definition) is 3. The Labute approximate surface area is 92.3 Å². The van der Waals surface area contributed by atoms with Crippen molar-refractivity contribution in [2.45, 2.75) is 11.8 Å². The van der Waals surface area contributed by atoms with Crippen molar-refractivity contribution in [3.8, 4) is 0 Å². The maximum Gasteiger partial charge on any atom is 0.297 e. The fraction of sp³-hybridized carbons (Fsp3) is 0.400. The van der Waals surface area contributed by atoms with Gasteiger partial charge in [-0.05, 0) is 32.4 Å². The molecule has 0 aliphatic rings. The molecule has 0 atom stereocenters. The van der Waals surface area contributed by atoms with E-state index in [1.807, 2.05) is 20.3 Å². The SMILES string of the molecule is Cc1ccc(S(=O)(=O)OCP(C)C)cc1. The zero-order chi connectivity index (χ0) is 11.5. The van der Waals surface area contributed by atoms with Crippen LogP contribution in [0.15, 0.2) is 29.2 Å². The highest BCUT2D eigenvalue weighted by Crippen LogP contribution is 2.26. The van der Waals surface area contributed by atoms with E-state index in [1.165, 1.54) is 0 Å². The van der Waals surface area contributed by atoms with Crippen molar-refractivity contribution in [3.05, 3.63) is 29.8 Å². The molecule has 15 heavy (non-hydrogen) atoms. The van der Waals surface area contributed by atoms with Crippen molar-refractivity contribution >= 4 is 18.0 Å². The van der Waals surface area contributed by atoms with Crippen LogP contribution >= 0.6 is 7.92 Å². The molecule has 0 saturated heterocycles. The van der Waals surface area contributed by atoms with Gasteiger partial charge >= 0.3 is 0 Å². The van der Waals surface area contributed by atoms with Gasteiger partial charge in [-0.25, -0.2) is 0 Å². The van der Waals surface area contributed by atoms with Crippen molar-refractivity contribution < 1.29 is 12.6 Å². The van der Waals surface area contributed by atoms with Gasteiger partial charge in [0.2, 0.25) is 0 Å². The van der Waals surface area contributed by atoms with Crippen LogP contribution in [-0.2, 0) is 14.3 Å². The highest BCUT2D eigenvalue weighted by Gasteiger charge is 2.14. The summed E-state index contributed by atoms with van der Waals surface area (Å²) in [5.74, 6) is 0. The molecule has 1 rings (SSSR count). The predicted octanol–water partition coefficient (Wildman–Crippen LogP) is 2.40. The standard InChI is InChI=1S/C10H15O3PS/c1-9-4-6-10(7-5-9)15(11,12)13-8-14(2)3/h4-7H,8H2,1-3H3. The molecular formula is C10H15O3PS. The van der Waals surface area contributed by atoms with Gasteiger partial charge in [-0.15, -0.1) is 0 Å². The summed E-state index contributed by atoms with van der Waals surface area (Å²) < 4.78 is 28.2. The molecule has 0 bridgehead atoms. The van der Waals surface area contributed by atoms with Crippen LogP contribution in [0.5, 0.6) is 0 Å². The molecule has 84 valence electrons. The Hall–Kier alpha value is -0.440. The van der Waals surface area contributed by atoms with Gasteiger partial charge in [-0.2, -0.15) is 8.42 Å². The molecule has 1 aromatic carbocycles. The van der Waals surface area contributed by atoms with E-state index < -0.39 is 10.1 Å². The summed E-state index contributed by atoms with van der Waals surface area (Å²) in [5.41, 5.74) is 1.03. The van der Waals surface area contributed by atoms with E-state index >= 15 is 0 Å². The van der Waals surface area contributed by atoms with Crippen LogP contribution in [0.2, 0.25) is 0 Å². The van der Waals surface area contributed by atoms with E-state index in [4.69, 9.17) is 4.18 Å². The van der Waals surface area contributed by atoms with Crippen molar-refractivity contribution in [1.82, 2.24) is 0 Å². The lowest BCUT2D eigenvalue weighted by Crippen LogP contribution is -2.06. The summed E-state index contributed by atoms with van der Waals surface area (Å²) >= 11 is 0. The summed E-state index contributed by atoms with van der Waals surface area (Å²) in [4.78, 5) is 0.227. The minimum Gasteiger partial charge on any atom is -0.262 e. The third kappa shape index (κ3) is 3.90. The van der Waals surface area contributed by atoms with E-state index in [1.54, 1.807) is 24.3 Å². The van der Waals surface area contributed by atoms with E-state index in [0.29, 0.717) is 0 Å². The number of benzene rings is 1. The zero-order valence-corrected chi connectivity index (χ0v) is 10.8. The van der Waals surface area contributed by atoms with E-state index in [0.717, 1.165) is 5.56 Å². The highest BCUT2D eigenvalue weighted by molar-refractivity contribution is 7.87. The topological polar surface area (TPSA) is 43.4 Å². The van der Waals surface area contributed by atoms with Crippen molar-refractivity contribution in [2.24, 2.45) is 0 Å². The van der Waals surface area contributed by atoms with Gasteiger partial charge in [-0.3, -0.25) is 4.18 Å². The molecule has 0 fully saturated rings. The molecule has 0 aromatic heterocycles. The summed E-state index contributed by atoms with van der Waals surface area (Å²) in [6.45, 7) is 5.86. The Morgan fingerprint density at radius 3 is 2.20 bits per heavy atom. The average Bonchev–Trinajstić information content (AvgIpc) is 2.16. The molecule has 0 spiro atoms. The normalized spacial score (nSPS) is 12.0. The lowest BCUT2D eigenvalue weighted by Gasteiger charge is -2.07. The molecule has 0 heterocycles. The Morgan fingerprint density at radius 2 is 1.73 bits per heavy atom. The largest absolute Gasteiger partial charge is 0.297 e. The Bertz CT molecular complexity index is 409.